The smallest absolute Gasteiger partial charge is 0.387 e. The zero-order valence-corrected chi connectivity index (χ0v) is 10.4. The highest BCUT2D eigenvalue weighted by Gasteiger charge is 2.17. The van der Waals surface area contributed by atoms with Crippen LogP contribution < -0.4 is 15.4 Å². The lowest BCUT2D eigenvalue weighted by molar-refractivity contribution is -0.120. The number of nitrogens with one attached hydrogen (secondary N) is 2. The molecule has 1 heterocycles. The first-order valence-electron chi connectivity index (χ1n) is 6.21. The number of ether oxygens (including phenoxy) is 1. The fourth-order valence-corrected chi connectivity index (χ4v) is 2.07. The van der Waals surface area contributed by atoms with Crippen LogP contribution in [0.1, 0.15) is 19.3 Å². The topological polar surface area (TPSA) is 50.4 Å². The number of anilines is 1. The molecule has 0 bridgehead atoms. The van der Waals surface area contributed by atoms with Crippen LogP contribution in [0, 0.1) is 0 Å². The number of benzene rings is 1. The van der Waals surface area contributed by atoms with Crippen LogP contribution in [0.3, 0.4) is 0 Å². The van der Waals surface area contributed by atoms with E-state index in [2.05, 4.69) is 15.4 Å². The van der Waals surface area contributed by atoms with Crippen molar-refractivity contribution in [3.05, 3.63) is 24.3 Å². The van der Waals surface area contributed by atoms with Gasteiger partial charge < -0.3 is 15.4 Å². The van der Waals surface area contributed by atoms with Gasteiger partial charge in [-0.15, -0.1) is 0 Å². The number of hydrogen-bond donors (Lipinski definition) is 2. The third-order valence-electron chi connectivity index (χ3n) is 2.93. The normalized spacial score (nSPS) is 19.7. The summed E-state index contributed by atoms with van der Waals surface area (Å²) in [5.41, 5.74) is 0.793. The number of halogens is 2. The average molecular weight is 270 g/mol. The van der Waals surface area contributed by atoms with Gasteiger partial charge in [0.05, 0.1) is 0 Å². The Morgan fingerprint density at radius 3 is 2.74 bits per heavy atom. The summed E-state index contributed by atoms with van der Waals surface area (Å²) in [4.78, 5) is 11.4. The Morgan fingerprint density at radius 1 is 1.32 bits per heavy atom. The summed E-state index contributed by atoms with van der Waals surface area (Å²) in [6.45, 7) is -2.11. The molecule has 1 saturated heterocycles. The van der Waals surface area contributed by atoms with Gasteiger partial charge in [0.1, 0.15) is 5.75 Å². The molecule has 1 fully saturated rings. The van der Waals surface area contributed by atoms with Crippen LogP contribution in [0.15, 0.2) is 24.3 Å². The molecular formula is C13H16F2N2O2. The summed E-state index contributed by atoms with van der Waals surface area (Å²) in [6.07, 6.45) is 2.25. The highest BCUT2D eigenvalue weighted by Crippen LogP contribution is 2.20. The molecule has 0 aromatic heterocycles. The van der Waals surface area contributed by atoms with Gasteiger partial charge in [-0.25, -0.2) is 0 Å². The average Bonchev–Trinajstić information content (AvgIpc) is 2.55. The Bertz CT molecular complexity index is 423. The summed E-state index contributed by atoms with van der Waals surface area (Å²) in [5.74, 6) is 0.159. The maximum Gasteiger partial charge on any atom is 0.387 e. The fourth-order valence-electron chi connectivity index (χ4n) is 2.07. The Kier molecular flexibility index (Phi) is 4.54. The minimum atomic E-state index is -2.82. The predicted octanol–water partition coefficient (Wildman–Crippen LogP) is 2.37. The second-order valence-electron chi connectivity index (χ2n) is 4.44. The molecule has 1 aliphatic rings. The van der Waals surface area contributed by atoms with E-state index in [9.17, 15) is 13.6 Å². The van der Waals surface area contributed by atoms with Crippen LogP contribution in [-0.2, 0) is 4.79 Å². The lowest BCUT2D eigenvalue weighted by Gasteiger charge is -2.16. The SMILES string of the molecule is O=C1CC(Nc2ccc(OC(F)F)cc2)CCCN1. The summed E-state index contributed by atoms with van der Waals surface area (Å²) in [5, 5.41) is 6.04. The van der Waals surface area contributed by atoms with Gasteiger partial charge in [0.25, 0.3) is 0 Å². The summed E-state index contributed by atoms with van der Waals surface area (Å²) < 4.78 is 28.3. The molecule has 1 unspecified atom stereocenters. The van der Waals surface area contributed by atoms with Crippen LogP contribution in [0.4, 0.5) is 14.5 Å². The molecule has 6 heteroatoms. The highest BCUT2D eigenvalue weighted by molar-refractivity contribution is 5.77. The van der Waals surface area contributed by atoms with Crippen molar-refractivity contribution in [1.29, 1.82) is 0 Å². The van der Waals surface area contributed by atoms with Crippen LogP contribution >= 0.6 is 0 Å². The van der Waals surface area contributed by atoms with E-state index in [0.29, 0.717) is 13.0 Å². The van der Waals surface area contributed by atoms with Gasteiger partial charge in [0, 0.05) is 24.7 Å². The van der Waals surface area contributed by atoms with Crippen LogP contribution in [0.2, 0.25) is 0 Å². The van der Waals surface area contributed by atoms with Crippen molar-refractivity contribution in [2.24, 2.45) is 0 Å². The maximum absolute atomic E-state index is 12.0. The summed E-state index contributed by atoms with van der Waals surface area (Å²) >= 11 is 0. The van der Waals surface area contributed by atoms with E-state index in [-0.39, 0.29) is 17.7 Å². The molecule has 2 N–H and O–H groups in total. The summed E-state index contributed by atoms with van der Waals surface area (Å²) in [7, 11) is 0. The van der Waals surface area contributed by atoms with Gasteiger partial charge in [0.2, 0.25) is 5.91 Å². The lowest BCUT2D eigenvalue weighted by atomic mass is 10.1. The molecule has 104 valence electrons. The number of rotatable bonds is 4. The minimum Gasteiger partial charge on any atom is -0.435 e. The van der Waals surface area contributed by atoms with E-state index in [1.54, 1.807) is 12.1 Å². The van der Waals surface area contributed by atoms with E-state index in [1.807, 2.05) is 0 Å². The second kappa shape index (κ2) is 6.36. The molecule has 1 amide bonds. The van der Waals surface area contributed by atoms with Crippen molar-refractivity contribution >= 4 is 11.6 Å². The highest BCUT2D eigenvalue weighted by atomic mass is 19.3. The van der Waals surface area contributed by atoms with E-state index in [1.165, 1.54) is 12.1 Å². The Morgan fingerprint density at radius 2 is 2.05 bits per heavy atom. The first-order chi connectivity index (χ1) is 9.13. The molecule has 0 saturated carbocycles. The van der Waals surface area contributed by atoms with Gasteiger partial charge in [-0.3, -0.25) is 4.79 Å². The van der Waals surface area contributed by atoms with Crippen LogP contribution in [-0.4, -0.2) is 25.1 Å². The number of carbonyl (C=O) groups is 1. The van der Waals surface area contributed by atoms with Crippen molar-refractivity contribution in [3.63, 3.8) is 0 Å². The molecule has 1 aromatic carbocycles. The van der Waals surface area contributed by atoms with Crippen molar-refractivity contribution < 1.29 is 18.3 Å². The van der Waals surface area contributed by atoms with Gasteiger partial charge in [0.15, 0.2) is 0 Å². The molecule has 19 heavy (non-hydrogen) atoms. The van der Waals surface area contributed by atoms with Crippen molar-refractivity contribution in [1.82, 2.24) is 5.32 Å². The van der Waals surface area contributed by atoms with Crippen LogP contribution in [0.5, 0.6) is 5.75 Å². The molecule has 1 atom stereocenters. The molecular weight excluding hydrogens is 254 g/mol. The first-order valence-corrected chi connectivity index (χ1v) is 6.21. The predicted molar refractivity (Wildman–Crippen MR) is 67.3 cm³/mol. The van der Waals surface area contributed by atoms with Crippen molar-refractivity contribution in [2.75, 3.05) is 11.9 Å². The Hall–Kier alpha value is -1.85. The third-order valence-corrected chi connectivity index (χ3v) is 2.93. The maximum atomic E-state index is 12.0. The standard InChI is InChI=1S/C13H16F2N2O2/c14-13(15)19-11-5-3-9(4-6-11)17-10-2-1-7-16-12(18)8-10/h3-6,10,13,17H,1-2,7-8H2,(H,16,18). The number of hydrogen-bond acceptors (Lipinski definition) is 3. The van der Waals surface area contributed by atoms with E-state index in [0.717, 1.165) is 18.5 Å². The lowest BCUT2D eigenvalue weighted by Crippen LogP contribution is -2.26. The Balaban J connectivity index is 1.93. The van der Waals surface area contributed by atoms with E-state index in [4.69, 9.17) is 0 Å². The van der Waals surface area contributed by atoms with Crippen molar-refractivity contribution in [3.8, 4) is 5.75 Å². The van der Waals surface area contributed by atoms with Crippen LogP contribution in [0.25, 0.3) is 0 Å². The third kappa shape index (κ3) is 4.39. The quantitative estimate of drug-likeness (QED) is 0.883. The monoisotopic (exact) mass is 270 g/mol. The van der Waals surface area contributed by atoms with Gasteiger partial charge in [-0.2, -0.15) is 8.78 Å². The zero-order chi connectivity index (χ0) is 13.7. The fraction of sp³-hybridized carbons (Fsp3) is 0.462. The van der Waals surface area contributed by atoms with Gasteiger partial charge >= 0.3 is 6.61 Å². The molecule has 0 spiro atoms. The minimum absolute atomic E-state index is 0.0349. The molecule has 2 rings (SSSR count). The molecule has 4 nitrogen and oxygen atoms in total. The largest absolute Gasteiger partial charge is 0.435 e. The van der Waals surface area contributed by atoms with Gasteiger partial charge in [-0.1, -0.05) is 0 Å². The summed E-state index contributed by atoms with van der Waals surface area (Å²) in [6, 6.07) is 6.36. The Labute approximate surface area is 110 Å². The molecule has 1 aromatic rings. The number of amides is 1. The first kappa shape index (κ1) is 13.6. The zero-order valence-electron chi connectivity index (χ0n) is 10.4. The van der Waals surface area contributed by atoms with Crippen molar-refractivity contribution in [2.45, 2.75) is 31.9 Å². The second-order valence-corrected chi connectivity index (χ2v) is 4.44. The molecule has 0 radical (unpaired) electrons. The molecule has 0 aliphatic carbocycles. The van der Waals surface area contributed by atoms with E-state index < -0.39 is 6.61 Å². The van der Waals surface area contributed by atoms with Gasteiger partial charge in [-0.05, 0) is 37.1 Å². The number of carbonyl (C=O) groups excluding carboxylic acids is 1. The number of alkyl halides is 2. The molecule has 1 aliphatic heterocycles. The van der Waals surface area contributed by atoms with E-state index >= 15 is 0 Å².